The maximum absolute atomic E-state index is 12.3. The first-order valence-electron chi connectivity index (χ1n) is 6.45. The van der Waals surface area contributed by atoms with E-state index in [4.69, 9.17) is 0 Å². The Morgan fingerprint density at radius 3 is 2.15 bits per heavy atom. The monoisotopic (exact) mass is 297 g/mol. The zero-order valence-electron chi connectivity index (χ0n) is 11.7. The zero-order chi connectivity index (χ0) is 14.8. The summed E-state index contributed by atoms with van der Waals surface area (Å²) in [6, 6.07) is 6.03. The molecule has 1 aromatic rings. The summed E-state index contributed by atoms with van der Waals surface area (Å²) in [5.41, 5.74) is 0.518. The molecule has 1 heterocycles. The molecule has 1 saturated heterocycles. The van der Waals surface area contributed by atoms with Gasteiger partial charge in [0, 0.05) is 31.7 Å². The van der Waals surface area contributed by atoms with Crippen molar-refractivity contribution in [3.8, 4) is 0 Å². The molecule has 0 bridgehead atoms. The van der Waals surface area contributed by atoms with Crippen LogP contribution in [0.1, 0.15) is 10.4 Å². The molecule has 1 fully saturated rings. The fourth-order valence-electron chi connectivity index (χ4n) is 2.09. The second-order valence-corrected chi connectivity index (χ2v) is 6.71. The normalized spacial score (nSPS) is 17.2. The number of hydrogen-bond acceptors (Lipinski definition) is 4. The van der Waals surface area contributed by atoms with Gasteiger partial charge in [-0.05, 0) is 38.4 Å². The van der Waals surface area contributed by atoms with Gasteiger partial charge in [-0.3, -0.25) is 4.79 Å². The third-order valence-corrected chi connectivity index (χ3v) is 4.90. The van der Waals surface area contributed by atoms with E-state index in [-0.39, 0.29) is 10.8 Å². The lowest BCUT2D eigenvalue weighted by Crippen LogP contribution is -2.47. The topological polar surface area (TPSA) is 69.7 Å². The first-order chi connectivity index (χ1) is 9.44. The van der Waals surface area contributed by atoms with Gasteiger partial charge < -0.3 is 9.80 Å². The number of amides is 1. The minimum atomic E-state index is -3.45. The summed E-state index contributed by atoms with van der Waals surface area (Å²) in [7, 11) is -0.0676. The number of carbonyl (C=O) groups excluding carboxylic acids is 1. The van der Waals surface area contributed by atoms with Crippen molar-refractivity contribution in [1.82, 2.24) is 14.5 Å². The molecule has 2 rings (SSSR count). The number of nitrogens with one attached hydrogen (secondary N) is 1. The third kappa shape index (κ3) is 3.17. The Hall–Kier alpha value is -1.44. The molecule has 1 aliphatic heterocycles. The van der Waals surface area contributed by atoms with Gasteiger partial charge in [-0.15, -0.1) is 0 Å². The summed E-state index contributed by atoms with van der Waals surface area (Å²) in [6.07, 6.45) is 0. The predicted molar refractivity (Wildman–Crippen MR) is 76.1 cm³/mol. The maximum Gasteiger partial charge on any atom is 0.253 e. The Balaban J connectivity index is 2.12. The molecule has 20 heavy (non-hydrogen) atoms. The lowest BCUT2D eigenvalue weighted by atomic mass is 10.2. The van der Waals surface area contributed by atoms with Crippen LogP contribution in [0.2, 0.25) is 0 Å². The zero-order valence-corrected chi connectivity index (χ0v) is 12.5. The van der Waals surface area contributed by atoms with Gasteiger partial charge in [0.1, 0.15) is 0 Å². The lowest BCUT2D eigenvalue weighted by Gasteiger charge is -2.32. The van der Waals surface area contributed by atoms with Crippen LogP contribution in [-0.2, 0) is 10.0 Å². The van der Waals surface area contributed by atoms with E-state index in [0.29, 0.717) is 18.7 Å². The summed E-state index contributed by atoms with van der Waals surface area (Å²) < 4.78 is 25.5. The Kier molecular flexibility index (Phi) is 4.42. The van der Waals surface area contributed by atoms with Crippen LogP contribution in [0.4, 0.5) is 0 Å². The Morgan fingerprint density at radius 1 is 1.10 bits per heavy atom. The van der Waals surface area contributed by atoms with Crippen LogP contribution in [-0.4, -0.2) is 64.4 Å². The van der Waals surface area contributed by atoms with E-state index in [0.717, 1.165) is 13.1 Å². The van der Waals surface area contributed by atoms with Crippen molar-refractivity contribution in [1.29, 1.82) is 0 Å². The summed E-state index contributed by atoms with van der Waals surface area (Å²) in [6.45, 7) is 3.12. The van der Waals surface area contributed by atoms with Crippen LogP contribution in [0.25, 0.3) is 0 Å². The molecule has 0 saturated carbocycles. The van der Waals surface area contributed by atoms with Crippen molar-refractivity contribution in [3.63, 3.8) is 0 Å². The second kappa shape index (κ2) is 5.90. The van der Waals surface area contributed by atoms with E-state index in [1.165, 1.54) is 19.2 Å². The fourth-order valence-corrected chi connectivity index (χ4v) is 2.82. The summed E-state index contributed by atoms with van der Waals surface area (Å²) in [5, 5.41) is 0. The highest BCUT2D eigenvalue weighted by molar-refractivity contribution is 7.89. The van der Waals surface area contributed by atoms with E-state index >= 15 is 0 Å². The molecule has 1 aliphatic rings. The van der Waals surface area contributed by atoms with Crippen molar-refractivity contribution in [2.75, 3.05) is 40.3 Å². The van der Waals surface area contributed by atoms with Gasteiger partial charge in [0.2, 0.25) is 10.0 Å². The van der Waals surface area contributed by atoms with E-state index in [2.05, 4.69) is 9.62 Å². The molecular weight excluding hydrogens is 278 g/mol. The van der Waals surface area contributed by atoms with E-state index < -0.39 is 10.0 Å². The first kappa shape index (κ1) is 15.0. The van der Waals surface area contributed by atoms with Crippen LogP contribution < -0.4 is 4.72 Å². The highest BCUT2D eigenvalue weighted by atomic mass is 32.2. The van der Waals surface area contributed by atoms with Crippen LogP contribution in [0.3, 0.4) is 0 Å². The van der Waals surface area contributed by atoms with Gasteiger partial charge in [0.15, 0.2) is 0 Å². The summed E-state index contributed by atoms with van der Waals surface area (Å²) >= 11 is 0. The molecule has 1 amide bonds. The molecule has 1 N–H and O–H groups in total. The molecule has 0 spiro atoms. The van der Waals surface area contributed by atoms with Crippen molar-refractivity contribution >= 4 is 15.9 Å². The van der Waals surface area contributed by atoms with Crippen molar-refractivity contribution in [2.45, 2.75) is 4.90 Å². The SMILES string of the molecule is CNS(=O)(=O)c1ccc(C(=O)N2CCN(C)CC2)cc1. The number of likely N-dealkylation sites (N-methyl/N-ethyl adjacent to an activating group) is 1. The molecule has 0 radical (unpaired) electrons. The van der Waals surface area contributed by atoms with Crippen molar-refractivity contribution < 1.29 is 13.2 Å². The highest BCUT2D eigenvalue weighted by Gasteiger charge is 2.20. The first-order valence-corrected chi connectivity index (χ1v) is 7.94. The van der Waals surface area contributed by atoms with Crippen molar-refractivity contribution in [3.05, 3.63) is 29.8 Å². The minimum Gasteiger partial charge on any atom is -0.336 e. The Labute approximate surface area is 119 Å². The lowest BCUT2D eigenvalue weighted by molar-refractivity contribution is 0.0664. The minimum absolute atomic E-state index is 0.0495. The Bertz CT molecular complexity index is 575. The standard InChI is InChI=1S/C13H19N3O3S/c1-14-20(18,19)12-5-3-11(4-6-12)13(17)16-9-7-15(2)8-10-16/h3-6,14H,7-10H2,1-2H3. The van der Waals surface area contributed by atoms with Crippen LogP contribution >= 0.6 is 0 Å². The second-order valence-electron chi connectivity index (χ2n) is 4.83. The molecule has 6 nitrogen and oxygen atoms in total. The molecule has 0 aromatic heterocycles. The number of nitrogens with zero attached hydrogens (tertiary/aromatic N) is 2. The van der Waals surface area contributed by atoms with Crippen LogP contribution in [0.15, 0.2) is 29.2 Å². The maximum atomic E-state index is 12.3. The average molecular weight is 297 g/mol. The van der Waals surface area contributed by atoms with E-state index in [1.807, 2.05) is 7.05 Å². The van der Waals surface area contributed by atoms with Crippen LogP contribution in [0, 0.1) is 0 Å². The molecule has 0 unspecified atom stereocenters. The molecule has 7 heteroatoms. The molecule has 0 aliphatic carbocycles. The Morgan fingerprint density at radius 2 is 1.65 bits per heavy atom. The summed E-state index contributed by atoms with van der Waals surface area (Å²) in [4.78, 5) is 16.4. The molecule has 0 atom stereocenters. The quantitative estimate of drug-likeness (QED) is 0.851. The summed E-state index contributed by atoms with van der Waals surface area (Å²) in [5.74, 6) is -0.0495. The van der Waals surface area contributed by atoms with E-state index in [9.17, 15) is 13.2 Å². The number of hydrogen-bond donors (Lipinski definition) is 1. The largest absolute Gasteiger partial charge is 0.336 e. The number of benzene rings is 1. The molecule has 1 aromatic carbocycles. The fraction of sp³-hybridized carbons (Fsp3) is 0.462. The number of sulfonamides is 1. The average Bonchev–Trinajstić information content (AvgIpc) is 2.47. The smallest absolute Gasteiger partial charge is 0.253 e. The molecule has 110 valence electrons. The van der Waals surface area contributed by atoms with E-state index in [1.54, 1.807) is 17.0 Å². The van der Waals surface area contributed by atoms with Crippen molar-refractivity contribution in [2.24, 2.45) is 0 Å². The van der Waals surface area contributed by atoms with Gasteiger partial charge in [0.05, 0.1) is 4.90 Å². The van der Waals surface area contributed by atoms with Gasteiger partial charge >= 0.3 is 0 Å². The molecular formula is C13H19N3O3S. The van der Waals surface area contributed by atoms with Gasteiger partial charge in [0.25, 0.3) is 5.91 Å². The third-order valence-electron chi connectivity index (χ3n) is 3.47. The van der Waals surface area contributed by atoms with Gasteiger partial charge in [-0.25, -0.2) is 13.1 Å². The predicted octanol–water partition coefficient (Wildman–Crippen LogP) is -0.0177. The van der Waals surface area contributed by atoms with Gasteiger partial charge in [-0.2, -0.15) is 0 Å². The number of piperazine rings is 1. The number of rotatable bonds is 3. The number of carbonyl (C=O) groups is 1. The van der Waals surface area contributed by atoms with Gasteiger partial charge in [-0.1, -0.05) is 0 Å². The van der Waals surface area contributed by atoms with Crippen LogP contribution in [0.5, 0.6) is 0 Å². The highest BCUT2D eigenvalue weighted by Crippen LogP contribution is 2.13.